The van der Waals surface area contributed by atoms with Crippen LogP contribution in [0.3, 0.4) is 0 Å². The number of rotatable bonds is 3. The summed E-state index contributed by atoms with van der Waals surface area (Å²) in [5.41, 5.74) is 9.07. The van der Waals surface area contributed by atoms with Gasteiger partial charge in [-0.2, -0.15) is 0 Å². The minimum Gasteiger partial charge on any atom is -0.496 e. The number of aromatic nitrogens is 1. The van der Waals surface area contributed by atoms with Crippen molar-refractivity contribution in [3.8, 4) is 16.3 Å². The molecule has 1 aromatic heterocycles. The first-order valence-electron chi connectivity index (χ1n) is 5.56. The second kappa shape index (κ2) is 4.75. The topological polar surface area (TPSA) is 48.1 Å². The number of nitrogens with zero attached hydrogens (tertiary/aromatic N) is 1. The van der Waals surface area contributed by atoms with Crippen LogP contribution in [0.5, 0.6) is 5.75 Å². The molecule has 1 heterocycles. The lowest BCUT2D eigenvalue weighted by atomic mass is 10.1. The van der Waals surface area contributed by atoms with E-state index in [1.54, 1.807) is 7.11 Å². The molecule has 0 bridgehead atoms. The van der Waals surface area contributed by atoms with E-state index in [1.807, 2.05) is 19.1 Å². The van der Waals surface area contributed by atoms with Gasteiger partial charge in [-0.15, -0.1) is 0 Å². The normalized spacial score (nSPS) is 10.5. The molecular formula is C13H16N2OS. The van der Waals surface area contributed by atoms with Crippen LogP contribution >= 0.6 is 11.3 Å². The van der Waals surface area contributed by atoms with E-state index in [1.165, 1.54) is 16.9 Å². The maximum atomic E-state index is 5.93. The molecular weight excluding hydrogens is 232 g/mol. The summed E-state index contributed by atoms with van der Waals surface area (Å²) in [4.78, 5) is 4.55. The van der Waals surface area contributed by atoms with Gasteiger partial charge in [-0.1, -0.05) is 24.3 Å². The highest BCUT2D eigenvalue weighted by atomic mass is 32.1. The third-order valence-electron chi connectivity index (χ3n) is 2.65. The van der Waals surface area contributed by atoms with E-state index in [2.05, 4.69) is 18.0 Å². The van der Waals surface area contributed by atoms with Gasteiger partial charge in [0.15, 0.2) is 0 Å². The number of hydrogen-bond acceptors (Lipinski definition) is 4. The second-order valence-electron chi connectivity index (χ2n) is 3.89. The van der Waals surface area contributed by atoms with E-state index in [-0.39, 0.29) is 0 Å². The van der Waals surface area contributed by atoms with Crippen LogP contribution in [0.2, 0.25) is 0 Å². The maximum absolute atomic E-state index is 5.93. The van der Waals surface area contributed by atoms with Crippen LogP contribution in [0.1, 0.15) is 18.2 Å². The molecule has 0 aliphatic rings. The molecule has 0 unspecified atom stereocenters. The number of ether oxygens (including phenoxy) is 1. The molecule has 4 heteroatoms. The van der Waals surface area contributed by atoms with Crippen molar-refractivity contribution in [3.05, 3.63) is 29.5 Å². The summed E-state index contributed by atoms with van der Waals surface area (Å²) in [5, 5.41) is 1.72. The summed E-state index contributed by atoms with van der Waals surface area (Å²) in [6.07, 6.45) is 0.858. The fourth-order valence-electron chi connectivity index (χ4n) is 1.71. The fourth-order valence-corrected chi connectivity index (χ4v) is 2.66. The van der Waals surface area contributed by atoms with Gasteiger partial charge in [-0.05, 0) is 31.0 Å². The Kier molecular flexibility index (Phi) is 3.33. The Labute approximate surface area is 105 Å². The molecule has 0 aliphatic heterocycles. The monoisotopic (exact) mass is 248 g/mol. The second-order valence-corrected chi connectivity index (χ2v) is 4.92. The number of aryl methyl sites for hydroxylation is 2. The smallest absolute Gasteiger partial charge is 0.129 e. The molecule has 0 fully saturated rings. The van der Waals surface area contributed by atoms with E-state index in [9.17, 15) is 0 Å². The van der Waals surface area contributed by atoms with Crippen LogP contribution in [-0.2, 0) is 6.42 Å². The van der Waals surface area contributed by atoms with E-state index in [4.69, 9.17) is 10.5 Å². The molecule has 2 aromatic rings. The van der Waals surface area contributed by atoms with Crippen LogP contribution in [0.4, 0.5) is 5.00 Å². The zero-order valence-corrected chi connectivity index (χ0v) is 11.1. The number of nitrogens with two attached hydrogens (primary N) is 1. The summed E-state index contributed by atoms with van der Waals surface area (Å²) in [5.74, 6) is 0.849. The molecule has 0 amide bonds. The van der Waals surface area contributed by atoms with E-state index >= 15 is 0 Å². The van der Waals surface area contributed by atoms with Crippen LogP contribution in [0, 0.1) is 6.92 Å². The molecule has 3 nitrogen and oxygen atoms in total. The van der Waals surface area contributed by atoms with Crippen molar-refractivity contribution in [2.24, 2.45) is 0 Å². The lowest BCUT2D eigenvalue weighted by molar-refractivity contribution is 0.416. The number of methoxy groups -OCH3 is 1. The summed E-state index contributed by atoms with van der Waals surface area (Å²) >= 11 is 1.51. The van der Waals surface area contributed by atoms with Gasteiger partial charge in [0.05, 0.1) is 18.4 Å². The van der Waals surface area contributed by atoms with E-state index in [0.717, 1.165) is 33.4 Å². The summed E-state index contributed by atoms with van der Waals surface area (Å²) in [6, 6.07) is 6.10. The first-order valence-corrected chi connectivity index (χ1v) is 6.37. The fraction of sp³-hybridized carbons (Fsp3) is 0.308. The summed E-state index contributed by atoms with van der Waals surface area (Å²) < 4.78 is 5.39. The highest BCUT2D eigenvalue weighted by molar-refractivity contribution is 7.19. The first-order chi connectivity index (χ1) is 8.15. The van der Waals surface area contributed by atoms with Gasteiger partial charge >= 0.3 is 0 Å². The Morgan fingerprint density at radius 1 is 1.41 bits per heavy atom. The Morgan fingerprint density at radius 2 is 2.18 bits per heavy atom. The van der Waals surface area contributed by atoms with Gasteiger partial charge in [-0.25, -0.2) is 4.98 Å². The standard InChI is InChI=1S/C13H16N2OS/c1-4-10-12(14)17-13(15-10)9-6-5-8(2)7-11(9)16-3/h5-7H,4,14H2,1-3H3. The number of thiazole rings is 1. The Balaban J connectivity index is 2.51. The van der Waals surface area contributed by atoms with Crippen molar-refractivity contribution < 1.29 is 4.74 Å². The molecule has 90 valence electrons. The van der Waals surface area contributed by atoms with Gasteiger partial charge in [0, 0.05) is 0 Å². The minimum atomic E-state index is 0.796. The molecule has 17 heavy (non-hydrogen) atoms. The van der Waals surface area contributed by atoms with Gasteiger partial charge in [0.2, 0.25) is 0 Å². The average molecular weight is 248 g/mol. The molecule has 1 aromatic carbocycles. The number of nitrogen functional groups attached to an aromatic ring is 1. The SMILES string of the molecule is CCc1nc(-c2ccc(C)cc2OC)sc1N. The molecule has 2 rings (SSSR count). The molecule has 0 atom stereocenters. The van der Waals surface area contributed by atoms with Crippen molar-refractivity contribution in [1.29, 1.82) is 0 Å². The van der Waals surface area contributed by atoms with Crippen molar-refractivity contribution in [2.45, 2.75) is 20.3 Å². The number of anilines is 1. The maximum Gasteiger partial charge on any atom is 0.129 e. The van der Waals surface area contributed by atoms with Gasteiger partial charge in [-0.3, -0.25) is 0 Å². The molecule has 0 saturated carbocycles. The van der Waals surface area contributed by atoms with E-state index in [0.29, 0.717) is 0 Å². The van der Waals surface area contributed by atoms with E-state index < -0.39 is 0 Å². The Morgan fingerprint density at radius 3 is 2.76 bits per heavy atom. The molecule has 2 N–H and O–H groups in total. The molecule has 0 spiro atoms. The van der Waals surface area contributed by atoms with Crippen LogP contribution < -0.4 is 10.5 Å². The third kappa shape index (κ3) is 2.26. The Bertz CT molecular complexity index is 534. The third-order valence-corrected chi connectivity index (χ3v) is 3.61. The van der Waals surface area contributed by atoms with Gasteiger partial charge in [0.1, 0.15) is 15.8 Å². The van der Waals surface area contributed by atoms with Crippen LogP contribution in [0.25, 0.3) is 10.6 Å². The molecule has 0 radical (unpaired) electrons. The molecule has 0 saturated heterocycles. The van der Waals surface area contributed by atoms with Crippen molar-refractivity contribution >= 4 is 16.3 Å². The number of benzene rings is 1. The predicted molar refractivity (Wildman–Crippen MR) is 72.6 cm³/mol. The first kappa shape index (κ1) is 11.9. The highest BCUT2D eigenvalue weighted by Gasteiger charge is 2.12. The van der Waals surface area contributed by atoms with Crippen molar-refractivity contribution in [1.82, 2.24) is 4.98 Å². The zero-order chi connectivity index (χ0) is 12.4. The highest BCUT2D eigenvalue weighted by Crippen LogP contribution is 2.36. The lowest BCUT2D eigenvalue weighted by Gasteiger charge is -2.06. The largest absolute Gasteiger partial charge is 0.496 e. The van der Waals surface area contributed by atoms with Crippen LogP contribution in [-0.4, -0.2) is 12.1 Å². The average Bonchev–Trinajstić information content (AvgIpc) is 2.70. The van der Waals surface area contributed by atoms with Crippen LogP contribution in [0.15, 0.2) is 18.2 Å². The summed E-state index contributed by atoms with van der Waals surface area (Å²) in [7, 11) is 1.68. The number of hydrogen-bond donors (Lipinski definition) is 1. The van der Waals surface area contributed by atoms with Gasteiger partial charge in [0.25, 0.3) is 0 Å². The van der Waals surface area contributed by atoms with Gasteiger partial charge < -0.3 is 10.5 Å². The quantitative estimate of drug-likeness (QED) is 0.906. The predicted octanol–water partition coefficient (Wildman–Crippen LogP) is 3.27. The lowest BCUT2D eigenvalue weighted by Crippen LogP contribution is -1.89. The zero-order valence-electron chi connectivity index (χ0n) is 10.3. The molecule has 0 aliphatic carbocycles. The Hall–Kier alpha value is -1.55. The van der Waals surface area contributed by atoms with Crippen molar-refractivity contribution in [2.75, 3.05) is 12.8 Å². The minimum absolute atomic E-state index is 0.796. The van der Waals surface area contributed by atoms with Crippen molar-refractivity contribution in [3.63, 3.8) is 0 Å². The summed E-state index contributed by atoms with van der Waals surface area (Å²) in [6.45, 7) is 4.10.